The number of anilines is 1. The Morgan fingerprint density at radius 3 is 2.67 bits per heavy atom. The Morgan fingerprint density at radius 1 is 1.20 bits per heavy atom. The molecule has 0 bridgehead atoms. The van der Waals surface area contributed by atoms with E-state index in [1.807, 2.05) is 13.8 Å². The number of nitrogens with one attached hydrogen (secondary N) is 1. The molecule has 1 amide bonds. The van der Waals surface area contributed by atoms with Gasteiger partial charge in [-0.15, -0.1) is 16.4 Å². The van der Waals surface area contributed by atoms with E-state index in [9.17, 15) is 23.2 Å². The van der Waals surface area contributed by atoms with Crippen LogP contribution < -0.4 is 16.6 Å². The van der Waals surface area contributed by atoms with Crippen molar-refractivity contribution in [2.24, 2.45) is 5.92 Å². The van der Waals surface area contributed by atoms with Crippen LogP contribution in [0, 0.1) is 17.6 Å². The Morgan fingerprint density at radius 2 is 1.97 bits per heavy atom. The number of aromatic nitrogens is 4. The second-order valence-electron chi connectivity index (χ2n) is 7.20. The van der Waals surface area contributed by atoms with Crippen LogP contribution in [0.4, 0.5) is 14.5 Å². The Hall–Kier alpha value is -3.34. The fourth-order valence-corrected chi connectivity index (χ4v) is 4.00. The van der Waals surface area contributed by atoms with Gasteiger partial charge in [0.15, 0.2) is 11.6 Å². The summed E-state index contributed by atoms with van der Waals surface area (Å²) in [4.78, 5) is 38.1. The quantitative estimate of drug-likeness (QED) is 0.524. The molecule has 11 heteroatoms. The molecule has 3 heterocycles. The summed E-state index contributed by atoms with van der Waals surface area (Å²) in [5, 5.41) is 8.32. The van der Waals surface area contributed by atoms with Crippen LogP contribution in [0.1, 0.15) is 13.8 Å². The average Bonchev–Trinajstić information content (AvgIpc) is 3.27. The highest BCUT2D eigenvalue weighted by atomic mass is 32.1. The number of hydrogen-bond acceptors (Lipinski definition) is 5. The normalized spacial score (nSPS) is 11.6. The van der Waals surface area contributed by atoms with Crippen LogP contribution >= 0.6 is 11.3 Å². The standard InChI is InChI=1S/C19H17F2N5O3S/c1-10(2)8-24-17(28)16-14(5-6-30-16)26-18(24)23-25(19(26)29)9-15(27)22-11-3-4-12(20)13(21)7-11/h3-7,10H,8-9H2,1-2H3,(H,22,27). The molecule has 1 N–H and O–H groups in total. The van der Waals surface area contributed by atoms with E-state index in [0.717, 1.165) is 16.8 Å². The predicted molar refractivity (Wildman–Crippen MR) is 109 cm³/mol. The van der Waals surface area contributed by atoms with Crippen molar-refractivity contribution in [3.63, 3.8) is 0 Å². The van der Waals surface area contributed by atoms with E-state index in [1.54, 1.807) is 11.4 Å². The Balaban J connectivity index is 1.75. The van der Waals surface area contributed by atoms with Crippen LogP contribution in [0.3, 0.4) is 0 Å². The largest absolute Gasteiger partial charge is 0.352 e. The molecule has 1 aromatic carbocycles. The number of amides is 1. The fourth-order valence-electron chi connectivity index (χ4n) is 3.18. The first-order valence-electron chi connectivity index (χ1n) is 9.10. The third-order valence-corrected chi connectivity index (χ3v) is 5.32. The lowest BCUT2D eigenvalue weighted by molar-refractivity contribution is -0.117. The first-order valence-corrected chi connectivity index (χ1v) is 9.98. The molecule has 8 nitrogen and oxygen atoms in total. The Bertz CT molecular complexity index is 1400. The predicted octanol–water partition coefficient (Wildman–Crippen LogP) is 2.45. The third kappa shape index (κ3) is 3.41. The van der Waals surface area contributed by atoms with E-state index >= 15 is 0 Å². The summed E-state index contributed by atoms with van der Waals surface area (Å²) in [5.74, 6) is -2.51. The van der Waals surface area contributed by atoms with E-state index < -0.39 is 29.8 Å². The van der Waals surface area contributed by atoms with Gasteiger partial charge in [-0.05, 0) is 29.5 Å². The highest BCUT2D eigenvalue weighted by molar-refractivity contribution is 7.17. The van der Waals surface area contributed by atoms with Gasteiger partial charge in [-0.1, -0.05) is 13.8 Å². The summed E-state index contributed by atoms with van der Waals surface area (Å²) in [6, 6.07) is 4.59. The van der Waals surface area contributed by atoms with Crippen molar-refractivity contribution in [3.8, 4) is 0 Å². The maximum atomic E-state index is 13.3. The Labute approximate surface area is 172 Å². The van der Waals surface area contributed by atoms with Crippen molar-refractivity contribution in [3.05, 3.63) is 62.1 Å². The number of carbonyl (C=O) groups excluding carboxylic acids is 1. The maximum Gasteiger partial charge on any atom is 0.352 e. The molecule has 0 aliphatic heterocycles. The van der Waals surface area contributed by atoms with Gasteiger partial charge in [-0.25, -0.2) is 22.7 Å². The number of carbonyl (C=O) groups is 1. The third-order valence-electron chi connectivity index (χ3n) is 4.43. The van der Waals surface area contributed by atoms with Crippen molar-refractivity contribution in [1.82, 2.24) is 18.7 Å². The minimum atomic E-state index is -1.10. The lowest BCUT2D eigenvalue weighted by Gasteiger charge is -2.09. The molecule has 156 valence electrons. The molecule has 0 saturated heterocycles. The summed E-state index contributed by atoms with van der Waals surface area (Å²) in [6.07, 6.45) is 0. The van der Waals surface area contributed by atoms with E-state index in [2.05, 4.69) is 10.4 Å². The molecule has 0 unspecified atom stereocenters. The minimum absolute atomic E-state index is 0.0488. The zero-order valence-electron chi connectivity index (χ0n) is 16.1. The van der Waals surface area contributed by atoms with Gasteiger partial charge in [0.2, 0.25) is 11.7 Å². The second kappa shape index (κ2) is 7.48. The average molecular weight is 433 g/mol. The first-order chi connectivity index (χ1) is 14.3. The van der Waals surface area contributed by atoms with Crippen molar-refractivity contribution < 1.29 is 13.6 Å². The van der Waals surface area contributed by atoms with Gasteiger partial charge in [0, 0.05) is 18.3 Å². The summed E-state index contributed by atoms with van der Waals surface area (Å²) in [7, 11) is 0. The molecule has 0 radical (unpaired) electrons. The molecule has 0 aliphatic carbocycles. The molecule has 4 rings (SSSR count). The molecule has 0 saturated carbocycles. The SMILES string of the molecule is CC(C)Cn1c(=O)c2sccc2n2c(=O)n(CC(=O)Nc3ccc(F)c(F)c3)nc12. The van der Waals surface area contributed by atoms with Crippen molar-refractivity contribution >= 4 is 38.9 Å². The number of benzene rings is 1. The Kier molecular flexibility index (Phi) is 4.98. The minimum Gasteiger partial charge on any atom is -0.324 e. The number of hydrogen-bond donors (Lipinski definition) is 1. The zero-order chi connectivity index (χ0) is 21.6. The van der Waals surface area contributed by atoms with Gasteiger partial charge < -0.3 is 5.32 Å². The lowest BCUT2D eigenvalue weighted by Crippen LogP contribution is -2.29. The van der Waals surface area contributed by atoms with Crippen LogP contribution in [0.15, 0.2) is 39.2 Å². The maximum absolute atomic E-state index is 13.3. The van der Waals surface area contributed by atoms with Gasteiger partial charge in [0.1, 0.15) is 11.2 Å². The van der Waals surface area contributed by atoms with Crippen LogP contribution in [0.5, 0.6) is 0 Å². The van der Waals surface area contributed by atoms with Crippen LogP contribution in [0.2, 0.25) is 0 Å². The van der Waals surface area contributed by atoms with Gasteiger partial charge >= 0.3 is 5.69 Å². The topological polar surface area (TPSA) is 90.4 Å². The fraction of sp³-hybridized carbons (Fsp3) is 0.263. The van der Waals surface area contributed by atoms with Gasteiger partial charge in [-0.3, -0.25) is 14.2 Å². The lowest BCUT2D eigenvalue weighted by atomic mass is 10.2. The van der Waals surface area contributed by atoms with Crippen LogP contribution in [-0.2, 0) is 17.9 Å². The summed E-state index contributed by atoms with van der Waals surface area (Å²) in [6.45, 7) is 3.77. The first kappa shape index (κ1) is 20.0. The number of nitrogens with zero attached hydrogens (tertiary/aromatic N) is 4. The molecule has 30 heavy (non-hydrogen) atoms. The second-order valence-corrected chi connectivity index (χ2v) is 8.11. The van der Waals surface area contributed by atoms with Crippen molar-refractivity contribution in [1.29, 1.82) is 0 Å². The summed E-state index contributed by atoms with van der Waals surface area (Å²) in [5.41, 5.74) is -0.346. The van der Waals surface area contributed by atoms with Crippen LogP contribution in [0.25, 0.3) is 16.0 Å². The van der Waals surface area contributed by atoms with Gasteiger partial charge in [-0.2, -0.15) is 0 Å². The molecule has 0 atom stereocenters. The molecular weight excluding hydrogens is 416 g/mol. The van der Waals surface area contributed by atoms with Crippen molar-refractivity contribution in [2.75, 3.05) is 5.32 Å². The van der Waals surface area contributed by atoms with Gasteiger partial charge in [0.25, 0.3) is 5.56 Å². The number of fused-ring (bicyclic) bond motifs is 3. The van der Waals surface area contributed by atoms with E-state index in [-0.39, 0.29) is 22.9 Å². The van der Waals surface area contributed by atoms with Crippen molar-refractivity contribution in [2.45, 2.75) is 26.9 Å². The van der Waals surface area contributed by atoms with Gasteiger partial charge in [0.05, 0.1) is 5.52 Å². The summed E-state index contributed by atoms with van der Waals surface area (Å²) >= 11 is 1.23. The molecule has 4 aromatic rings. The van der Waals surface area contributed by atoms with Crippen LogP contribution in [-0.4, -0.2) is 24.7 Å². The van der Waals surface area contributed by atoms with E-state index in [0.29, 0.717) is 16.8 Å². The number of thiophene rings is 1. The zero-order valence-corrected chi connectivity index (χ0v) is 16.9. The highest BCUT2D eigenvalue weighted by Gasteiger charge is 2.20. The van der Waals surface area contributed by atoms with E-state index in [4.69, 9.17) is 0 Å². The molecule has 0 fully saturated rings. The molecular formula is C19H17F2N5O3S. The monoisotopic (exact) mass is 433 g/mol. The van der Waals surface area contributed by atoms with E-state index in [1.165, 1.54) is 26.4 Å². The summed E-state index contributed by atoms with van der Waals surface area (Å²) < 4.78 is 30.5. The highest BCUT2D eigenvalue weighted by Crippen LogP contribution is 2.18. The molecule has 0 spiro atoms. The molecule has 0 aliphatic rings. The molecule has 3 aromatic heterocycles. The number of halogens is 2. The smallest absolute Gasteiger partial charge is 0.324 e. The number of rotatable bonds is 5.